The Morgan fingerprint density at radius 2 is 1.93 bits per heavy atom. The molecule has 0 fully saturated rings. The van der Waals surface area contributed by atoms with Crippen LogP contribution in [0.5, 0.6) is 0 Å². The lowest BCUT2D eigenvalue weighted by Gasteiger charge is -2.17. The van der Waals surface area contributed by atoms with Gasteiger partial charge < -0.3 is 5.32 Å². The molecule has 0 aromatic heterocycles. The van der Waals surface area contributed by atoms with Gasteiger partial charge in [-0.1, -0.05) is 49.3 Å². The summed E-state index contributed by atoms with van der Waals surface area (Å²) < 4.78 is 0. The molecule has 15 heavy (non-hydrogen) atoms. The highest BCUT2D eigenvalue weighted by Gasteiger charge is 2.12. The van der Waals surface area contributed by atoms with Crippen LogP contribution in [0.2, 0.25) is 0 Å². The number of carbonyl (C=O) groups is 1. The first kappa shape index (κ1) is 15.2. The van der Waals surface area contributed by atoms with Crippen LogP contribution >= 0.6 is 21.6 Å². The predicted molar refractivity (Wildman–Crippen MR) is 72.3 cm³/mol. The van der Waals surface area contributed by atoms with E-state index in [2.05, 4.69) is 33.0 Å². The Bertz CT molecular complexity index is 178. The lowest BCUT2D eigenvalue weighted by atomic mass is 9.90. The van der Waals surface area contributed by atoms with E-state index in [0.29, 0.717) is 6.42 Å². The van der Waals surface area contributed by atoms with Crippen molar-refractivity contribution >= 4 is 27.5 Å². The van der Waals surface area contributed by atoms with Crippen LogP contribution < -0.4 is 5.32 Å². The molecule has 0 unspecified atom stereocenters. The fourth-order valence-electron chi connectivity index (χ4n) is 0.951. The molecule has 0 aliphatic carbocycles. The average Bonchev–Trinajstić information content (AvgIpc) is 2.13. The molecule has 0 aliphatic rings. The van der Waals surface area contributed by atoms with Gasteiger partial charge in [0.05, 0.1) is 0 Å². The summed E-state index contributed by atoms with van der Waals surface area (Å²) in [5.41, 5.74) is 0.254. The van der Waals surface area contributed by atoms with E-state index in [-0.39, 0.29) is 11.3 Å². The predicted octanol–water partition coefficient (Wildman–Crippen LogP) is 3.33. The fraction of sp³-hybridized carbons (Fsp3) is 0.909. The summed E-state index contributed by atoms with van der Waals surface area (Å²) >= 11 is 0. The van der Waals surface area contributed by atoms with Crippen molar-refractivity contribution in [3.8, 4) is 0 Å². The molecule has 0 aliphatic heterocycles. The Morgan fingerprint density at radius 3 is 2.47 bits per heavy atom. The molecule has 0 heterocycles. The molecule has 0 aromatic carbocycles. The first-order valence-electron chi connectivity index (χ1n) is 5.47. The summed E-state index contributed by atoms with van der Waals surface area (Å²) in [6.45, 7) is 9.41. The summed E-state index contributed by atoms with van der Waals surface area (Å²) in [5, 5.41) is 2.94. The second kappa shape index (κ2) is 8.34. The van der Waals surface area contributed by atoms with Gasteiger partial charge in [-0.15, -0.1) is 0 Å². The molecule has 4 heteroatoms. The highest BCUT2D eigenvalue weighted by Crippen LogP contribution is 2.20. The highest BCUT2D eigenvalue weighted by atomic mass is 33.1. The lowest BCUT2D eigenvalue weighted by Crippen LogP contribution is -2.26. The maximum atomic E-state index is 11.4. The van der Waals surface area contributed by atoms with Crippen molar-refractivity contribution in [1.29, 1.82) is 0 Å². The minimum atomic E-state index is 0.187. The SMILES string of the molecule is CCSSCCNC(=O)CCC(C)(C)C. The maximum absolute atomic E-state index is 11.4. The largest absolute Gasteiger partial charge is 0.355 e. The van der Waals surface area contributed by atoms with E-state index >= 15 is 0 Å². The molecular formula is C11H23NOS2. The summed E-state index contributed by atoms with van der Waals surface area (Å²) in [5.74, 6) is 2.31. The number of rotatable bonds is 7. The quantitative estimate of drug-likeness (QED) is 0.554. The highest BCUT2D eigenvalue weighted by molar-refractivity contribution is 8.76. The van der Waals surface area contributed by atoms with Gasteiger partial charge in [0.25, 0.3) is 0 Å². The Hall–Kier alpha value is 0.170. The van der Waals surface area contributed by atoms with Gasteiger partial charge in [0.15, 0.2) is 0 Å². The van der Waals surface area contributed by atoms with Crippen molar-refractivity contribution in [2.45, 2.75) is 40.5 Å². The van der Waals surface area contributed by atoms with Crippen LogP contribution in [0, 0.1) is 5.41 Å². The van der Waals surface area contributed by atoms with Crippen molar-refractivity contribution in [2.75, 3.05) is 18.1 Å². The van der Waals surface area contributed by atoms with Gasteiger partial charge in [-0.05, 0) is 11.8 Å². The van der Waals surface area contributed by atoms with Crippen LogP contribution in [0.4, 0.5) is 0 Å². The number of amides is 1. The van der Waals surface area contributed by atoms with Crippen molar-refractivity contribution in [2.24, 2.45) is 5.41 Å². The van der Waals surface area contributed by atoms with E-state index in [0.717, 1.165) is 24.5 Å². The number of carbonyl (C=O) groups excluding carboxylic acids is 1. The number of hydrogen-bond donors (Lipinski definition) is 1. The zero-order chi connectivity index (χ0) is 11.7. The van der Waals surface area contributed by atoms with Crippen LogP contribution in [0.15, 0.2) is 0 Å². The molecule has 0 aromatic rings. The molecule has 1 amide bonds. The monoisotopic (exact) mass is 249 g/mol. The van der Waals surface area contributed by atoms with Crippen molar-refractivity contribution in [3.63, 3.8) is 0 Å². The van der Waals surface area contributed by atoms with E-state index in [1.807, 2.05) is 21.6 Å². The molecule has 0 atom stereocenters. The van der Waals surface area contributed by atoms with Crippen LogP contribution in [-0.2, 0) is 4.79 Å². The molecule has 0 saturated heterocycles. The fourth-order valence-corrected chi connectivity index (χ4v) is 2.52. The molecular weight excluding hydrogens is 226 g/mol. The second-order valence-corrected chi connectivity index (χ2v) is 7.51. The third-order valence-corrected chi connectivity index (χ3v) is 4.29. The van der Waals surface area contributed by atoms with E-state index in [4.69, 9.17) is 0 Å². The van der Waals surface area contributed by atoms with Crippen LogP contribution in [-0.4, -0.2) is 24.0 Å². The van der Waals surface area contributed by atoms with Crippen molar-refractivity contribution < 1.29 is 4.79 Å². The van der Waals surface area contributed by atoms with Gasteiger partial charge in [0.1, 0.15) is 0 Å². The minimum absolute atomic E-state index is 0.187. The van der Waals surface area contributed by atoms with Gasteiger partial charge in [-0.2, -0.15) is 0 Å². The van der Waals surface area contributed by atoms with E-state index in [1.165, 1.54) is 0 Å². The van der Waals surface area contributed by atoms with E-state index in [1.54, 1.807) is 0 Å². The third-order valence-electron chi connectivity index (χ3n) is 1.81. The number of nitrogens with one attached hydrogen (secondary N) is 1. The topological polar surface area (TPSA) is 29.1 Å². The lowest BCUT2D eigenvalue weighted by molar-refractivity contribution is -0.121. The van der Waals surface area contributed by atoms with Crippen LogP contribution in [0.25, 0.3) is 0 Å². The van der Waals surface area contributed by atoms with Gasteiger partial charge in [-0.3, -0.25) is 4.79 Å². The van der Waals surface area contributed by atoms with Crippen molar-refractivity contribution in [3.05, 3.63) is 0 Å². The molecule has 0 rings (SSSR count). The third kappa shape index (κ3) is 12.1. The maximum Gasteiger partial charge on any atom is 0.220 e. The van der Waals surface area contributed by atoms with Gasteiger partial charge in [0, 0.05) is 24.5 Å². The summed E-state index contributed by atoms with van der Waals surface area (Å²) in [6.07, 6.45) is 1.60. The van der Waals surface area contributed by atoms with Crippen LogP contribution in [0.1, 0.15) is 40.5 Å². The van der Waals surface area contributed by atoms with Gasteiger partial charge in [-0.25, -0.2) is 0 Å². The van der Waals surface area contributed by atoms with Crippen LogP contribution in [0.3, 0.4) is 0 Å². The molecule has 1 N–H and O–H groups in total. The first-order chi connectivity index (χ1) is 6.95. The molecule has 0 radical (unpaired) electrons. The zero-order valence-electron chi connectivity index (χ0n) is 10.3. The number of hydrogen-bond acceptors (Lipinski definition) is 3. The van der Waals surface area contributed by atoms with Gasteiger partial charge in [0.2, 0.25) is 5.91 Å². The Labute approximate surface area is 102 Å². The summed E-state index contributed by atoms with van der Waals surface area (Å²) in [7, 11) is 3.66. The Kier molecular flexibility index (Phi) is 8.43. The van der Waals surface area contributed by atoms with E-state index < -0.39 is 0 Å². The normalized spacial score (nSPS) is 11.5. The first-order valence-corrected chi connectivity index (χ1v) is 7.95. The van der Waals surface area contributed by atoms with Gasteiger partial charge >= 0.3 is 0 Å². The average molecular weight is 249 g/mol. The molecule has 90 valence electrons. The zero-order valence-corrected chi connectivity index (χ0v) is 11.9. The Morgan fingerprint density at radius 1 is 1.27 bits per heavy atom. The summed E-state index contributed by atoms with van der Waals surface area (Å²) in [4.78, 5) is 11.4. The molecule has 0 bridgehead atoms. The standard InChI is InChI=1S/C11H23NOS2/c1-5-14-15-9-8-12-10(13)6-7-11(2,3)4/h5-9H2,1-4H3,(H,12,13). The molecule has 2 nitrogen and oxygen atoms in total. The molecule has 0 saturated carbocycles. The smallest absolute Gasteiger partial charge is 0.220 e. The minimum Gasteiger partial charge on any atom is -0.355 e. The molecule has 0 spiro atoms. The summed E-state index contributed by atoms with van der Waals surface area (Å²) in [6, 6.07) is 0. The second-order valence-electron chi connectivity index (χ2n) is 4.64. The Balaban J connectivity index is 3.34. The van der Waals surface area contributed by atoms with E-state index in [9.17, 15) is 4.79 Å². The van der Waals surface area contributed by atoms with Crippen molar-refractivity contribution in [1.82, 2.24) is 5.32 Å².